The Balaban J connectivity index is 2.53. The molecule has 1 aliphatic rings. The minimum atomic E-state index is -0.722. The number of aliphatic hydroxyl groups is 2. The number of hydrogen-bond acceptors (Lipinski definition) is 4. The third-order valence-electron chi connectivity index (χ3n) is 1.89. The van der Waals surface area contributed by atoms with Crippen molar-refractivity contribution in [1.82, 2.24) is 0 Å². The van der Waals surface area contributed by atoms with Crippen molar-refractivity contribution >= 4 is 7.85 Å². The Kier molecular flexibility index (Phi) is 2.30. The second kappa shape index (κ2) is 2.88. The van der Waals surface area contributed by atoms with Gasteiger partial charge < -0.3 is 20.7 Å². The summed E-state index contributed by atoms with van der Waals surface area (Å²) >= 11 is 0. The SMILES string of the molecule is B[C@@H]1O[C@H](CO)[C@H](O)C1N. The molecular formula is C5H12BNO3. The molecule has 0 amide bonds. The molecule has 1 unspecified atom stereocenters. The standard InChI is InChI=1S/C5H12BNO3/c6-5-3(7)4(9)2(1-8)10-5/h2-5,8-9H,1,6-7H2/t2-,3?,4+,5-/m1/s1. The predicted molar refractivity (Wildman–Crippen MR) is 38.3 cm³/mol. The van der Waals surface area contributed by atoms with Crippen LogP contribution in [0.3, 0.4) is 0 Å². The summed E-state index contributed by atoms with van der Waals surface area (Å²) in [6.45, 7) is -0.167. The van der Waals surface area contributed by atoms with Crippen LogP contribution in [0.2, 0.25) is 0 Å². The van der Waals surface area contributed by atoms with Crippen LogP contribution < -0.4 is 5.73 Å². The maximum Gasteiger partial charge on any atom is 0.141 e. The Morgan fingerprint density at radius 2 is 2.20 bits per heavy atom. The van der Waals surface area contributed by atoms with Crippen LogP contribution in [0.1, 0.15) is 0 Å². The number of nitrogens with two attached hydrogens (primary N) is 1. The Morgan fingerprint density at radius 3 is 2.40 bits per heavy atom. The lowest BCUT2D eigenvalue weighted by Gasteiger charge is -2.11. The van der Waals surface area contributed by atoms with Crippen LogP contribution in [0, 0.1) is 0 Å². The minimum Gasteiger partial charge on any atom is -0.394 e. The Labute approximate surface area is 60.4 Å². The van der Waals surface area contributed by atoms with Gasteiger partial charge in [0.05, 0.1) is 18.8 Å². The summed E-state index contributed by atoms with van der Waals surface area (Å²) < 4.78 is 5.11. The van der Waals surface area contributed by atoms with Gasteiger partial charge in [0.1, 0.15) is 14.0 Å². The van der Waals surface area contributed by atoms with E-state index in [0.717, 1.165) is 0 Å². The molecule has 0 aromatic carbocycles. The second-order valence-corrected chi connectivity index (χ2v) is 2.63. The van der Waals surface area contributed by atoms with E-state index in [0.29, 0.717) is 0 Å². The zero-order chi connectivity index (χ0) is 7.72. The molecule has 1 aliphatic heterocycles. The zero-order valence-corrected chi connectivity index (χ0v) is 5.90. The summed E-state index contributed by atoms with van der Waals surface area (Å²) in [6.07, 6.45) is -1.22. The van der Waals surface area contributed by atoms with Gasteiger partial charge in [0, 0.05) is 6.00 Å². The molecule has 1 rings (SSSR count). The molecule has 0 aliphatic carbocycles. The molecule has 0 bridgehead atoms. The van der Waals surface area contributed by atoms with E-state index in [-0.39, 0.29) is 18.7 Å². The van der Waals surface area contributed by atoms with Crippen LogP contribution in [0.5, 0.6) is 0 Å². The van der Waals surface area contributed by atoms with Gasteiger partial charge in [0.25, 0.3) is 0 Å². The van der Waals surface area contributed by atoms with Gasteiger partial charge in [-0.1, -0.05) is 0 Å². The van der Waals surface area contributed by atoms with Gasteiger partial charge in [-0.3, -0.25) is 0 Å². The van der Waals surface area contributed by atoms with Crippen molar-refractivity contribution in [1.29, 1.82) is 0 Å². The number of rotatable bonds is 1. The molecule has 1 fully saturated rings. The highest BCUT2D eigenvalue weighted by molar-refractivity contribution is 6.11. The fourth-order valence-electron chi connectivity index (χ4n) is 1.12. The molecule has 4 atom stereocenters. The zero-order valence-electron chi connectivity index (χ0n) is 5.90. The molecule has 10 heavy (non-hydrogen) atoms. The Bertz CT molecular complexity index is 123. The van der Waals surface area contributed by atoms with Crippen LogP contribution in [-0.4, -0.2) is 48.9 Å². The summed E-state index contributed by atoms with van der Waals surface area (Å²) in [4.78, 5) is 0. The largest absolute Gasteiger partial charge is 0.394 e. The minimum absolute atomic E-state index is 0.160. The molecule has 0 spiro atoms. The van der Waals surface area contributed by atoms with Gasteiger partial charge in [-0.15, -0.1) is 0 Å². The molecule has 5 heteroatoms. The van der Waals surface area contributed by atoms with Crippen molar-refractivity contribution in [3.8, 4) is 0 Å². The molecule has 4 N–H and O–H groups in total. The van der Waals surface area contributed by atoms with E-state index in [1.807, 2.05) is 0 Å². The van der Waals surface area contributed by atoms with Crippen LogP contribution in [-0.2, 0) is 4.74 Å². The molecule has 1 heterocycles. The van der Waals surface area contributed by atoms with E-state index in [2.05, 4.69) is 0 Å². The first-order valence-electron chi connectivity index (χ1n) is 3.36. The lowest BCUT2D eigenvalue weighted by atomic mass is 9.91. The van der Waals surface area contributed by atoms with Crippen LogP contribution in [0.15, 0.2) is 0 Å². The lowest BCUT2D eigenvalue weighted by molar-refractivity contribution is -0.00436. The topological polar surface area (TPSA) is 75.7 Å². The first-order valence-corrected chi connectivity index (χ1v) is 3.36. The Morgan fingerprint density at radius 1 is 1.60 bits per heavy atom. The van der Waals surface area contributed by atoms with Gasteiger partial charge in [0.15, 0.2) is 0 Å². The first kappa shape index (κ1) is 8.01. The average Bonchev–Trinajstić information content (AvgIpc) is 2.17. The first-order chi connectivity index (χ1) is 4.66. The highest BCUT2D eigenvalue weighted by atomic mass is 16.5. The molecule has 0 saturated carbocycles. The fraction of sp³-hybridized carbons (Fsp3) is 1.00. The van der Waals surface area contributed by atoms with Crippen molar-refractivity contribution < 1.29 is 14.9 Å². The van der Waals surface area contributed by atoms with Gasteiger partial charge >= 0.3 is 0 Å². The van der Waals surface area contributed by atoms with E-state index in [4.69, 9.17) is 15.6 Å². The molecule has 0 aromatic rings. The van der Waals surface area contributed by atoms with Gasteiger partial charge in [0.2, 0.25) is 0 Å². The Hall–Kier alpha value is -0.0951. The van der Waals surface area contributed by atoms with Crippen LogP contribution in [0.25, 0.3) is 0 Å². The van der Waals surface area contributed by atoms with Gasteiger partial charge in [-0.05, 0) is 0 Å². The van der Waals surface area contributed by atoms with Crippen molar-refractivity contribution in [3.63, 3.8) is 0 Å². The van der Waals surface area contributed by atoms with E-state index in [9.17, 15) is 5.11 Å². The van der Waals surface area contributed by atoms with Gasteiger partial charge in [-0.25, -0.2) is 0 Å². The third kappa shape index (κ3) is 1.18. The van der Waals surface area contributed by atoms with E-state index >= 15 is 0 Å². The smallest absolute Gasteiger partial charge is 0.141 e. The monoisotopic (exact) mass is 145 g/mol. The summed E-state index contributed by atoms with van der Waals surface area (Å²) in [5.74, 6) is 0. The summed E-state index contributed by atoms with van der Waals surface area (Å²) in [5, 5.41) is 17.8. The van der Waals surface area contributed by atoms with Crippen molar-refractivity contribution in [3.05, 3.63) is 0 Å². The quantitative estimate of drug-likeness (QED) is 0.344. The van der Waals surface area contributed by atoms with Crippen molar-refractivity contribution in [2.24, 2.45) is 5.73 Å². The molecule has 1 saturated heterocycles. The fourth-order valence-corrected chi connectivity index (χ4v) is 1.12. The second-order valence-electron chi connectivity index (χ2n) is 2.63. The summed E-state index contributed by atoms with van der Waals surface area (Å²) in [6, 6.07) is -0.524. The highest BCUT2D eigenvalue weighted by Crippen LogP contribution is 2.16. The molecular weight excluding hydrogens is 133 g/mol. The third-order valence-corrected chi connectivity index (χ3v) is 1.89. The summed E-state index contributed by atoms with van der Waals surface area (Å²) in [5.41, 5.74) is 5.50. The maximum atomic E-state index is 9.22. The average molecular weight is 145 g/mol. The predicted octanol–water partition coefficient (Wildman–Crippen LogP) is -2.98. The molecule has 58 valence electrons. The van der Waals surface area contributed by atoms with Crippen molar-refractivity contribution in [2.75, 3.05) is 6.61 Å². The normalized spacial score (nSPS) is 47.9. The van der Waals surface area contributed by atoms with E-state index in [1.165, 1.54) is 0 Å². The number of ether oxygens (including phenoxy) is 1. The maximum absolute atomic E-state index is 9.22. The lowest BCUT2D eigenvalue weighted by Crippen LogP contribution is -2.41. The van der Waals surface area contributed by atoms with Crippen LogP contribution in [0.4, 0.5) is 0 Å². The summed E-state index contributed by atoms with van der Waals surface area (Å²) in [7, 11) is 1.78. The van der Waals surface area contributed by atoms with Crippen molar-refractivity contribution in [2.45, 2.75) is 24.3 Å². The van der Waals surface area contributed by atoms with Crippen LogP contribution >= 0.6 is 0 Å². The van der Waals surface area contributed by atoms with Gasteiger partial charge in [-0.2, -0.15) is 0 Å². The highest BCUT2D eigenvalue weighted by Gasteiger charge is 2.37. The molecule has 0 aromatic heterocycles. The number of hydrogen-bond donors (Lipinski definition) is 3. The van der Waals surface area contributed by atoms with E-state index < -0.39 is 12.2 Å². The molecule has 0 radical (unpaired) electrons. The molecule has 4 nitrogen and oxygen atoms in total. The number of aliphatic hydroxyl groups excluding tert-OH is 2. The van der Waals surface area contributed by atoms with E-state index in [1.54, 1.807) is 7.85 Å².